The molecule has 0 saturated heterocycles. The van der Waals surface area contributed by atoms with E-state index < -0.39 is 6.03 Å². The molecule has 0 aromatic heterocycles. The Bertz CT molecular complexity index is 860. The van der Waals surface area contributed by atoms with Crippen molar-refractivity contribution in [2.75, 3.05) is 5.32 Å². The van der Waals surface area contributed by atoms with E-state index in [0.29, 0.717) is 10.7 Å². The van der Waals surface area contributed by atoms with Gasteiger partial charge in [0.05, 0.1) is 6.21 Å². The number of rotatable bonds is 3. The Kier molecular flexibility index (Phi) is 4.54. The number of hydrazone groups is 1. The van der Waals surface area contributed by atoms with Crippen molar-refractivity contribution >= 4 is 40.3 Å². The summed E-state index contributed by atoms with van der Waals surface area (Å²) in [5, 5.41) is 9.52. The number of benzene rings is 3. The predicted molar refractivity (Wildman–Crippen MR) is 95.1 cm³/mol. The van der Waals surface area contributed by atoms with Crippen molar-refractivity contribution in [2.24, 2.45) is 5.10 Å². The van der Waals surface area contributed by atoms with Crippen LogP contribution in [0.25, 0.3) is 10.8 Å². The SMILES string of the molecule is O=C(N/N=C\c1ccc2ccccc2c1)Nc1ccc(Cl)cc1. The average molecular weight is 324 g/mol. The average Bonchev–Trinajstić information content (AvgIpc) is 2.57. The lowest BCUT2D eigenvalue weighted by molar-refractivity contribution is 0.252. The molecule has 0 aliphatic rings. The number of hydrogen-bond acceptors (Lipinski definition) is 2. The van der Waals surface area contributed by atoms with Gasteiger partial charge in [0.15, 0.2) is 0 Å². The van der Waals surface area contributed by atoms with Crippen LogP contribution in [0.4, 0.5) is 10.5 Å². The van der Waals surface area contributed by atoms with Gasteiger partial charge in [-0.1, -0.05) is 48.0 Å². The molecule has 0 aliphatic heterocycles. The van der Waals surface area contributed by atoms with Crippen molar-refractivity contribution in [1.82, 2.24) is 5.43 Å². The highest BCUT2D eigenvalue weighted by molar-refractivity contribution is 6.30. The van der Waals surface area contributed by atoms with Crippen molar-refractivity contribution in [3.05, 3.63) is 77.3 Å². The smallest absolute Gasteiger partial charge is 0.307 e. The molecule has 0 spiro atoms. The third kappa shape index (κ3) is 4.08. The molecule has 3 rings (SSSR count). The van der Waals surface area contributed by atoms with Gasteiger partial charge in [-0.15, -0.1) is 0 Å². The van der Waals surface area contributed by atoms with E-state index in [0.717, 1.165) is 16.3 Å². The molecule has 4 nitrogen and oxygen atoms in total. The van der Waals surface area contributed by atoms with Crippen molar-refractivity contribution in [1.29, 1.82) is 0 Å². The number of hydrogen-bond donors (Lipinski definition) is 2. The number of fused-ring (bicyclic) bond motifs is 1. The van der Waals surface area contributed by atoms with E-state index >= 15 is 0 Å². The minimum absolute atomic E-state index is 0.413. The second-order valence-electron chi connectivity index (χ2n) is 4.94. The number of amides is 2. The Hall–Kier alpha value is -2.85. The number of carbonyl (C=O) groups is 1. The molecule has 0 saturated carbocycles. The predicted octanol–water partition coefficient (Wildman–Crippen LogP) is 4.65. The van der Waals surface area contributed by atoms with Crippen LogP contribution in [0.5, 0.6) is 0 Å². The summed E-state index contributed by atoms with van der Waals surface area (Å²) in [4.78, 5) is 11.7. The Morgan fingerprint density at radius 2 is 1.70 bits per heavy atom. The zero-order valence-corrected chi connectivity index (χ0v) is 12.9. The molecular weight excluding hydrogens is 310 g/mol. The van der Waals surface area contributed by atoms with E-state index in [1.165, 1.54) is 0 Å². The van der Waals surface area contributed by atoms with Crippen molar-refractivity contribution in [3.8, 4) is 0 Å². The second-order valence-corrected chi connectivity index (χ2v) is 5.37. The summed E-state index contributed by atoms with van der Waals surface area (Å²) in [5.74, 6) is 0. The molecule has 114 valence electrons. The van der Waals surface area contributed by atoms with Gasteiger partial charge in [0, 0.05) is 10.7 Å². The Labute approximate surface area is 138 Å². The Morgan fingerprint density at radius 1 is 0.957 bits per heavy atom. The zero-order chi connectivity index (χ0) is 16.1. The molecule has 0 bridgehead atoms. The second kappa shape index (κ2) is 6.94. The van der Waals surface area contributed by atoms with Crippen LogP contribution >= 0.6 is 11.6 Å². The lowest BCUT2D eigenvalue weighted by Gasteiger charge is -2.04. The monoisotopic (exact) mass is 323 g/mol. The molecule has 23 heavy (non-hydrogen) atoms. The largest absolute Gasteiger partial charge is 0.339 e. The van der Waals surface area contributed by atoms with Crippen LogP contribution in [0.1, 0.15) is 5.56 Å². The molecule has 0 atom stereocenters. The Balaban J connectivity index is 1.60. The van der Waals surface area contributed by atoms with E-state index in [2.05, 4.69) is 15.8 Å². The van der Waals surface area contributed by atoms with Gasteiger partial charge in [-0.3, -0.25) is 0 Å². The lowest BCUT2D eigenvalue weighted by atomic mass is 10.1. The molecule has 3 aromatic rings. The number of halogens is 1. The molecule has 0 unspecified atom stereocenters. The maximum absolute atomic E-state index is 11.7. The fourth-order valence-corrected chi connectivity index (χ4v) is 2.27. The van der Waals surface area contributed by atoms with Gasteiger partial charge in [-0.25, -0.2) is 10.2 Å². The van der Waals surface area contributed by atoms with Crippen LogP contribution in [0.2, 0.25) is 5.02 Å². The summed E-state index contributed by atoms with van der Waals surface area (Å²) in [6.45, 7) is 0. The van der Waals surface area contributed by atoms with Gasteiger partial charge in [0.25, 0.3) is 0 Å². The molecular formula is C18H14ClN3O. The highest BCUT2D eigenvalue weighted by Gasteiger charge is 1.99. The molecule has 0 fully saturated rings. The number of nitrogens with one attached hydrogen (secondary N) is 2. The molecule has 0 aliphatic carbocycles. The molecule has 2 amide bonds. The van der Waals surface area contributed by atoms with Crippen LogP contribution in [0, 0.1) is 0 Å². The number of anilines is 1. The molecule has 2 N–H and O–H groups in total. The van der Waals surface area contributed by atoms with E-state index in [1.54, 1.807) is 30.5 Å². The fraction of sp³-hybridized carbons (Fsp3) is 0. The summed E-state index contributed by atoms with van der Waals surface area (Å²) in [5.41, 5.74) is 3.99. The van der Waals surface area contributed by atoms with Crippen molar-refractivity contribution in [3.63, 3.8) is 0 Å². The zero-order valence-electron chi connectivity index (χ0n) is 12.2. The van der Waals surface area contributed by atoms with Gasteiger partial charge in [0.2, 0.25) is 0 Å². The van der Waals surface area contributed by atoms with Crippen LogP contribution in [0.3, 0.4) is 0 Å². The normalized spacial score (nSPS) is 10.8. The molecule has 0 radical (unpaired) electrons. The third-order valence-electron chi connectivity index (χ3n) is 3.26. The summed E-state index contributed by atoms with van der Waals surface area (Å²) >= 11 is 5.79. The van der Waals surface area contributed by atoms with E-state index in [-0.39, 0.29) is 0 Å². The lowest BCUT2D eigenvalue weighted by Crippen LogP contribution is -2.24. The first-order valence-corrected chi connectivity index (χ1v) is 7.43. The number of urea groups is 1. The maximum atomic E-state index is 11.7. The van der Waals surface area contributed by atoms with E-state index in [9.17, 15) is 4.79 Å². The molecule has 0 heterocycles. The third-order valence-corrected chi connectivity index (χ3v) is 3.51. The molecule has 5 heteroatoms. The number of carbonyl (C=O) groups excluding carboxylic acids is 1. The van der Waals surface area contributed by atoms with Crippen molar-refractivity contribution in [2.45, 2.75) is 0 Å². The van der Waals surface area contributed by atoms with Gasteiger partial charge in [0.1, 0.15) is 0 Å². The summed E-state index contributed by atoms with van der Waals surface area (Å²) in [6.07, 6.45) is 1.61. The first-order valence-electron chi connectivity index (χ1n) is 7.05. The first-order chi connectivity index (χ1) is 11.2. The highest BCUT2D eigenvalue weighted by Crippen LogP contribution is 2.15. The highest BCUT2D eigenvalue weighted by atomic mass is 35.5. The first kappa shape index (κ1) is 15.1. The minimum atomic E-state index is -0.413. The minimum Gasteiger partial charge on any atom is -0.307 e. The fourth-order valence-electron chi connectivity index (χ4n) is 2.15. The van der Waals surface area contributed by atoms with Gasteiger partial charge < -0.3 is 5.32 Å². The summed E-state index contributed by atoms with van der Waals surface area (Å²) < 4.78 is 0. The van der Waals surface area contributed by atoms with Gasteiger partial charge in [-0.2, -0.15) is 5.10 Å². The van der Waals surface area contributed by atoms with Gasteiger partial charge in [-0.05, 0) is 46.7 Å². The topological polar surface area (TPSA) is 53.5 Å². The van der Waals surface area contributed by atoms with Gasteiger partial charge >= 0.3 is 6.03 Å². The molecule has 3 aromatic carbocycles. The van der Waals surface area contributed by atoms with Crippen LogP contribution < -0.4 is 10.7 Å². The summed E-state index contributed by atoms with van der Waals surface area (Å²) in [6, 6.07) is 20.5. The van der Waals surface area contributed by atoms with Crippen LogP contribution in [-0.4, -0.2) is 12.2 Å². The quantitative estimate of drug-likeness (QED) is 0.535. The van der Waals surface area contributed by atoms with Crippen molar-refractivity contribution < 1.29 is 4.79 Å². The van der Waals surface area contributed by atoms with E-state index in [4.69, 9.17) is 11.6 Å². The van der Waals surface area contributed by atoms with Crippen LogP contribution in [-0.2, 0) is 0 Å². The Morgan fingerprint density at radius 3 is 2.48 bits per heavy atom. The summed E-state index contributed by atoms with van der Waals surface area (Å²) in [7, 11) is 0. The van der Waals surface area contributed by atoms with Crippen LogP contribution in [0.15, 0.2) is 71.8 Å². The standard InChI is InChI=1S/C18H14ClN3O/c19-16-7-9-17(10-8-16)21-18(23)22-20-12-13-5-6-14-3-1-2-4-15(14)11-13/h1-12H,(H2,21,22,23)/b20-12-. The number of nitrogens with zero attached hydrogens (tertiary/aromatic N) is 1. The van der Waals surface area contributed by atoms with E-state index in [1.807, 2.05) is 42.5 Å². The maximum Gasteiger partial charge on any atom is 0.339 e.